The third kappa shape index (κ3) is 3.28. The summed E-state index contributed by atoms with van der Waals surface area (Å²) >= 11 is 0. The minimum atomic E-state index is -0.297. The number of amides is 1. The Morgan fingerprint density at radius 1 is 1.55 bits per heavy atom. The van der Waals surface area contributed by atoms with Crippen LogP contribution in [-0.4, -0.2) is 25.5 Å². The van der Waals surface area contributed by atoms with Crippen LogP contribution in [0.15, 0.2) is 18.2 Å². The third-order valence-electron chi connectivity index (χ3n) is 3.72. The quantitative estimate of drug-likeness (QED) is 0.778. The minimum absolute atomic E-state index is 0.175. The van der Waals surface area contributed by atoms with Gasteiger partial charge in [0, 0.05) is 19.6 Å². The number of primary amides is 1. The molecule has 0 aliphatic carbocycles. The molecule has 1 atom stereocenters. The number of para-hydroxylation sites is 1. The van der Waals surface area contributed by atoms with Crippen LogP contribution in [0.3, 0.4) is 0 Å². The van der Waals surface area contributed by atoms with E-state index in [2.05, 4.69) is 12.2 Å². The van der Waals surface area contributed by atoms with E-state index in [1.54, 1.807) is 6.07 Å². The molecule has 4 nitrogen and oxygen atoms in total. The van der Waals surface area contributed by atoms with E-state index >= 15 is 0 Å². The highest BCUT2D eigenvalue weighted by molar-refractivity contribution is 5.78. The van der Waals surface area contributed by atoms with Crippen molar-refractivity contribution in [3.8, 4) is 0 Å². The summed E-state index contributed by atoms with van der Waals surface area (Å²) in [6.45, 7) is 4.82. The summed E-state index contributed by atoms with van der Waals surface area (Å²) in [5.41, 5.74) is 6.89. The fraction of sp³-hybridized carbons (Fsp3) is 0.533. The predicted octanol–water partition coefficient (Wildman–Crippen LogP) is 1.64. The molecule has 1 aliphatic heterocycles. The molecule has 1 unspecified atom stereocenters. The maximum atomic E-state index is 14.2. The van der Waals surface area contributed by atoms with Crippen LogP contribution in [0.1, 0.15) is 25.3 Å². The largest absolute Gasteiger partial charge is 0.369 e. The van der Waals surface area contributed by atoms with Gasteiger partial charge in [-0.1, -0.05) is 19.1 Å². The Balaban J connectivity index is 2.15. The van der Waals surface area contributed by atoms with Crippen molar-refractivity contribution in [2.75, 3.05) is 24.5 Å². The molecule has 110 valence electrons. The molecule has 1 aliphatic rings. The van der Waals surface area contributed by atoms with E-state index in [0.717, 1.165) is 18.5 Å². The standard InChI is InChI=1S/C15H22FN3O/c1-2-7-18-9-11-4-3-5-13(16)14(11)19-8-6-12(10-19)15(17)20/h3-5,12,18H,2,6-10H2,1H3,(H2,17,20). The van der Waals surface area contributed by atoms with Gasteiger partial charge in [-0.25, -0.2) is 4.39 Å². The second-order valence-corrected chi connectivity index (χ2v) is 5.26. The van der Waals surface area contributed by atoms with Crippen molar-refractivity contribution in [2.24, 2.45) is 11.7 Å². The van der Waals surface area contributed by atoms with Crippen molar-refractivity contribution in [3.05, 3.63) is 29.6 Å². The molecule has 1 amide bonds. The number of nitrogens with one attached hydrogen (secondary N) is 1. The molecule has 1 saturated heterocycles. The highest BCUT2D eigenvalue weighted by atomic mass is 19.1. The highest BCUT2D eigenvalue weighted by Gasteiger charge is 2.29. The van der Waals surface area contributed by atoms with Crippen LogP contribution in [0.2, 0.25) is 0 Å². The van der Waals surface area contributed by atoms with Crippen molar-refractivity contribution in [2.45, 2.75) is 26.3 Å². The summed E-state index contributed by atoms with van der Waals surface area (Å²) in [4.78, 5) is 13.2. The van der Waals surface area contributed by atoms with Crippen LogP contribution in [0, 0.1) is 11.7 Å². The van der Waals surface area contributed by atoms with Crippen molar-refractivity contribution < 1.29 is 9.18 Å². The highest BCUT2D eigenvalue weighted by Crippen LogP contribution is 2.29. The number of nitrogens with two attached hydrogens (primary N) is 1. The van der Waals surface area contributed by atoms with E-state index in [4.69, 9.17) is 5.73 Å². The fourth-order valence-corrected chi connectivity index (χ4v) is 2.65. The normalized spacial score (nSPS) is 18.5. The molecule has 2 rings (SSSR count). The lowest BCUT2D eigenvalue weighted by atomic mass is 10.1. The lowest BCUT2D eigenvalue weighted by molar-refractivity contribution is -0.121. The second kappa shape index (κ2) is 6.70. The lowest BCUT2D eigenvalue weighted by Crippen LogP contribution is -2.28. The third-order valence-corrected chi connectivity index (χ3v) is 3.72. The first-order chi connectivity index (χ1) is 9.63. The van der Waals surface area contributed by atoms with Crippen LogP contribution < -0.4 is 16.0 Å². The number of hydrogen-bond donors (Lipinski definition) is 2. The van der Waals surface area contributed by atoms with Gasteiger partial charge < -0.3 is 16.0 Å². The number of rotatable bonds is 6. The molecule has 0 radical (unpaired) electrons. The summed E-state index contributed by atoms with van der Waals surface area (Å²) in [5, 5.41) is 3.29. The molecule has 0 aromatic heterocycles. The topological polar surface area (TPSA) is 58.4 Å². The number of hydrogen-bond acceptors (Lipinski definition) is 3. The van der Waals surface area contributed by atoms with Gasteiger partial charge in [0.2, 0.25) is 5.91 Å². The van der Waals surface area contributed by atoms with Crippen LogP contribution in [0.5, 0.6) is 0 Å². The van der Waals surface area contributed by atoms with Gasteiger partial charge >= 0.3 is 0 Å². The molecule has 1 aromatic carbocycles. The van der Waals surface area contributed by atoms with Gasteiger partial charge in [-0.2, -0.15) is 0 Å². The SMILES string of the molecule is CCCNCc1cccc(F)c1N1CCC(C(N)=O)C1. The van der Waals surface area contributed by atoms with Gasteiger partial charge in [-0.3, -0.25) is 4.79 Å². The Labute approximate surface area is 119 Å². The zero-order valence-corrected chi connectivity index (χ0v) is 11.9. The number of carbonyl (C=O) groups excluding carboxylic acids is 1. The molecule has 0 spiro atoms. The predicted molar refractivity (Wildman–Crippen MR) is 77.9 cm³/mol. The van der Waals surface area contributed by atoms with Crippen LogP contribution >= 0.6 is 0 Å². The Morgan fingerprint density at radius 3 is 3.00 bits per heavy atom. The molecule has 3 N–H and O–H groups in total. The first-order valence-electron chi connectivity index (χ1n) is 7.15. The number of carbonyl (C=O) groups is 1. The molecule has 0 bridgehead atoms. The average molecular weight is 279 g/mol. The zero-order chi connectivity index (χ0) is 14.5. The van der Waals surface area contributed by atoms with Gasteiger partial charge in [0.05, 0.1) is 11.6 Å². The van der Waals surface area contributed by atoms with Gasteiger partial charge in [-0.15, -0.1) is 0 Å². The van der Waals surface area contributed by atoms with E-state index in [1.165, 1.54) is 6.07 Å². The first-order valence-corrected chi connectivity index (χ1v) is 7.15. The molecule has 1 aromatic rings. The molecular weight excluding hydrogens is 257 g/mol. The fourth-order valence-electron chi connectivity index (χ4n) is 2.65. The zero-order valence-electron chi connectivity index (χ0n) is 11.9. The maximum absolute atomic E-state index is 14.2. The number of benzene rings is 1. The van der Waals surface area contributed by atoms with Crippen LogP contribution in [-0.2, 0) is 11.3 Å². The van der Waals surface area contributed by atoms with Crippen molar-refractivity contribution in [1.82, 2.24) is 5.32 Å². The van der Waals surface area contributed by atoms with E-state index in [9.17, 15) is 9.18 Å². The molecule has 20 heavy (non-hydrogen) atoms. The monoisotopic (exact) mass is 279 g/mol. The molecule has 1 fully saturated rings. The Bertz CT molecular complexity index is 478. The summed E-state index contributed by atoms with van der Waals surface area (Å²) < 4.78 is 14.2. The van der Waals surface area contributed by atoms with E-state index in [0.29, 0.717) is 31.7 Å². The van der Waals surface area contributed by atoms with Crippen molar-refractivity contribution in [3.63, 3.8) is 0 Å². The van der Waals surface area contributed by atoms with E-state index in [-0.39, 0.29) is 17.6 Å². The average Bonchev–Trinajstić information content (AvgIpc) is 2.88. The van der Waals surface area contributed by atoms with Gasteiger partial charge in [0.25, 0.3) is 0 Å². The van der Waals surface area contributed by atoms with Gasteiger partial charge in [0.1, 0.15) is 5.82 Å². The Kier molecular flexibility index (Phi) is 4.95. The lowest BCUT2D eigenvalue weighted by Gasteiger charge is -2.22. The summed E-state index contributed by atoms with van der Waals surface area (Å²) in [6.07, 6.45) is 1.74. The summed E-state index contributed by atoms with van der Waals surface area (Å²) in [7, 11) is 0. The number of halogens is 1. The van der Waals surface area contributed by atoms with Crippen molar-refractivity contribution >= 4 is 11.6 Å². The molecule has 0 saturated carbocycles. The Morgan fingerprint density at radius 2 is 2.35 bits per heavy atom. The summed E-state index contributed by atoms with van der Waals surface area (Å²) in [6, 6.07) is 5.12. The smallest absolute Gasteiger partial charge is 0.222 e. The van der Waals surface area contributed by atoms with Crippen molar-refractivity contribution in [1.29, 1.82) is 0 Å². The molecular formula is C15H22FN3O. The maximum Gasteiger partial charge on any atom is 0.222 e. The second-order valence-electron chi connectivity index (χ2n) is 5.26. The molecule has 5 heteroatoms. The number of anilines is 1. The first kappa shape index (κ1) is 14.8. The van der Waals surface area contributed by atoms with Crippen LogP contribution in [0.25, 0.3) is 0 Å². The summed E-state index contributed by atoms with van der Waals surface area (Å²) in [5.74, 6) is -0.702. The van der Waals surface area contributed by atoms with Gasteiger partial charge in [0.15, 0.2) is 0 Å². The van der Waals surface area contributed by atoms with Crippen LogP contribution in [0.4, 0.5) is 10.1 Å². The minimum Gasteiger partial charge on any atom is -0.369 e. The number of nitrogens with zero attached hydrogens (tertiary/aromatic N) is 1. The van der Waals surface area contributed by atoms with E-state index in [1.807, 2.05) is 11.0 Å². The van der Waals surface area contributed by atoms with E-state index < -0.39 is 0 Å². The van der Waals surface area contributed by atoms with Gasteiger partial charge in [-0.05, 0) is 31.0 Å². The molecule has 1 heterocycles. The Hall–Kier alpha value is -1.62.